The van der Waals surface area contributed by atoms with Gasteiger partial charge in [0.25, 0.3) is 0 Å². The monoisotopic (exact) mass is 203 g/mol. The molecule has 0 fully saturated rings. The predicted octanol–water partition coefficient (Wildman–Crippen LogP) is 1.98. The van der Waals surface area contributed by atoms with Gasteiger partial charge in [0, 0.05) is 11.1 Å². The zero-order chi connectivity index (χ0) is 11.0. The minimum absolute atomic E-state index is 0.237. The third-order valence-corrected chi connectivity index (χ3v) is 2.40. The number of phenols is 1. The van der Waals surface area contributed by atoms with E-state index in [1.54, 1.807) is 12.3 Å². The van der Waals surface area contributed by atoms with Crippen molar-refractivity contribution in [2.75, 3.05) is 5.73 Å². The van der Waals surface area contributed by atoms with Crippen LogP contribution in [0.15, 0.2) is 18.3 Å². The molecule has 0 spiro atoms. The average molecular weight is 203 g/mol. The summed E-state index contributed by atoms with van der Waals surface area (Å²) >= 11 is 0. The van der Waals surface area contributed by atoms with Crippen LogP contribution in [0.2, 0.25) is 0 Å². The Morgan fingerprint density at radius 3 is 2.60 bits per heavy atom. The number of nitrogens with one attached hydrogen (secondary N) is 1. The number of hydrogen-bond acceptors (Lipinski definition) is 3. The van der Waals surface area contributed by atoms with Crippen LogP contribution >= 0.6 is 0 Å². The summed E-state index contributed by atoms with van der Waals surface area (Å²) in [7, 11) is 0. The lowest BCUT2D eigenvalue weighted by Crippen LogP contribution is -1.91. The second-order valence-electron chi connectivity index (χ2n) is 3.67. The highest BCUT2D eigenvalue weighted by Crippen LogP contribution is 2.35. The van der Waals surface area contributed by atoms with Crippen molar-refractivity contribution in [3.8, 4) is 16.9 Å². The van der Waals surface area contributed by atoms with E-state index in [1.807, 2.05) is 19.9 Å². The van der Waals surface area contributed by atoms with Crippen molar-refractivity contribution in [2.45, 2.75) is 13.8 Å². The molecule has 0 unspecified atom stereocenters. The maximum atomic E-state index is 9.87. The normalized spacial score (nSPS) is 10.5. The Balaban J connectivity index is 2.68. The molecule has 4 nitrogen and oxygen atoms in total. The lowest BCUT2D eigenvalue weighted by atomic mass is 9.99. The number of phenolic OH excluding ortho intramolecular Hbond substituents is 1. The van der Waals surface area contributed by atoms with E-state index < -0.39 is 0 Å². The molecule has 2 aromatic rings. The van der Waals surface area contributed by atoms with Crippen LogP contribution in [0.3, 0.4) is 0 Å². The van der Waals surface area contributed by atoms with Gasteiger partial charge in [0.2, 0.25) is 0 Å². The Morgan fingerprint density at radius 1 is 1.33 bits per heavy atom. The first kappa shape index (κ1) is 9.58. The molecule has 0 radical (unpaired) electrons. The molecule has 0 atom stereocenters. The molecule has 0 aliphatic carbocycles. The van der Waals surface area contributed by atoms with Gasteiger partial charge in [0.15, 0.2) is 0 Å². The fourth-order valence-electron chi connectivity index (χ4n) is 1.79. The van der Waals surface area contributed by atoms with Crippen molar-refractivity contribution >= 4 is 5.82 Å². The topological polar surface area (TPSA) is 74.9 Å². The van der Waals surface area contributed by atoms with Gasteiger partial charge in [-0.2, -0.15) is 5.10 Å². The number of nitrogens with zero attached hydrogens (tertiary/aromatic N) is 1. The van der Waals surface area contributed by atoms with Gasteiger partial charge >= 0.3 is 0 Å². The zero-order valence-corrected chi connectivity index (χ0v) is 8.70. The molecular weight excluding hydrogens is 190 g/mol. The number of aromatic nitrogens is 2. The summed E-state index contributed by atoms with van der Waals surface area (Å²) in [5.74, 6) is 0.706. The van der Waals surface area contributed by atoms with Crippen LogP contribution in [0.5, 0.6) is 5.75 Å². The fraction of sp³-hybridized carbons (Fsp3) is 0.182. The standard InChI is InChI=1S/C11H13N3O/c1-6-3-7(2)10(9(15)4-6)8-5-13-14-11(8)12/h3-5,15H,1-2H3,(H3,12,13,14). The molecule has 1 aromatic heterocycles. The Hall–Kier alpha value is -1.97. The van der Waals surface area contributed by atoms with Gasteiger partial charge in [0.05, 0.1) is 6.20 Å². The predicted molar refractivity (Wildman–Crippen MR) is 59.6 cm³/mol. The van der Waals surface area contributed by atoms with E-state index in [1.165, 1.54) is 0 Å². The summed E-state index contributed by atoms with van der Waals surface area (Å²) in [6.07, 6.45) is 1.62. The Morgan fingerprint density at radius 2 is 2.07 bits per heavy atom. The fourth-order valence-corrected chi connectivity index (χ4v) is 1.79. The number of nitrogens with two attached hydrogens (primary N) is 1. The van der Waals surface area contributed by atoms with E-state index >= 15 is 0 Å². The first-order valence-corrected chi connectivity index (χ1v) is 4.69. The van der Waals surface area contributed by atoms with Crippen LogP contribution in [0.4, 0.5) is 5.82 Å². The highest BCUT2D eigenvalue weighted by molar-refractivity contribution is 5.80. The third kappa shape index (κ3) is 1.54. The number of hydrogen-bond donors (Lipinski definition) is 3. The molecule has 0 amide bonds. The third-order valence-electron chi connectivity index (χ3n) is 2.40. The van der Waals surface area contributed by atoms with Crippen LogP contribution in [-0.4, -0.2) is 15.3 Å². The average Bonchev–Trinajstić information content (AvgIpc) is 2.50. The maximum absolute atomic E-state index is 9.87. The highest BCUT2D eigenvalue weighted by atomic mass is 16.3. The lowest BCUT2D eigenvalue weighted by molar-refractivity contribution is 0.476. The van der Waals surface area contributed by atoms with E-state index in [-0.39, 0.29) is 5.75 Å². The molecule has 0 bridgehead atoms. The smallest absolute Gasteiger partial charge is 0.126 e. The summed E-state index contributed by atoms with van der Waals surface area (Å²) < 4.78 is 0. The Labute approximate surface area is 87.7 Å². The summed E-state index contributed by atoms with van der Waals surface area (Å²) in [5, 5.41) is 16.4. The van der Waals surface area contributed by atoms with Crippen molar-refractivity contribution in [2.24, 2.45) is 0 Å². The molecule has 4 heteroatoms. The molecule has 0 saturated heterocycles. The highest BCUT2D eigenvalue weighted by Gasteiger charge is 2.12. The molecule has 15 heavy (non-hydrogen) atoms. The van der Waals surface area contributed by atoms with Crippen molar-refractivity contribution < 1.29 is 5.11 Å². The molecular formula is C11H13N3O. The van der Waals surface area contributed by atoms with Crippen molar-refractivity contribution in [3.63, 3.8) is 0 Å². The van der Waals surface area contributed by atoms with Gasteiger partial charge < -0.3 is 10.8 Å². The maximum Gasteiger partial charge on any atom is 0.126 e. The molecule has 2 rings (SSSR count). The lowest BCUT2D eigenvalue weighted by Gasteiger charge is -2.08. The number of rotatable bonds is 1. The Bertz CT molecular complexity index is 479. The van der Waals surface area contributed by atoms with Gasteiger partial charge in [0.1, 0.15) is 11.6 Å². The van der Waals surface area contributed by atoms with E-state index in [0.29, 0.717) is 5.82 Å². The summed E-state index contributed by atoms with van der Waals surface area (Å²) in [6, 6.07) is 3.72. The van der Waals surface area contributed by atoms with Crippen LogP contribution in [0.25, 0.3) is 11.1 Å². The first-order valence-electron chi connectivity index (χ1n) is 4.69. The molecule has 78 valence electrons. The van der Waals surface area contributed by atoms with Crippen LogP contribution in [0.1, 0.15) is 11.1 Å². The van der Waals surface area contributed by atoms with E-state index in [2.05, 4.69) is 10.2 Å². The van der Waals surface area contributed by atoms with Crippen molar-refractivity contribution in [3.05, 3.63) is 29.5 Å². The van der Waals surface area contributed by atoms with Gasteiger partial charge in [-0.3, -0.25) is 5.10 Å². The van der Waals surface area contributed by atoms with E-state index in [4.69, 9.17) is 5.73 Å². The largest absolute Gasteiger partial charge is 0.507 e. The van der Waals surface area contributed by atoms with E-state index in [9.17, 15) is 5.11 Å². The van der Waals surface area contributed by atoms with Crippen molar-refractivity contribution in [1.82, 2.24) is 10.2 Å². The second-order valence-corrected chi connectivity index (χ2v) is 3.67. The Kier molecular flexibility index (Phi) is 2.11. The molecule has 1 heterocycles. The van der Waals surface area contributed by atoms with Crippen LogP contribution < -0.4 is 5.73 Å². The summed E-state index contributed by atoms with van der Waals surface area (Å²) in [4.78, 5) is 0. The number of aromatic amines is 1. The van der Waals surface area contributed by atoms with Gasteiger partial charge in [-0.05, 0) is 31.0 Å². The summed E-state index contributed by atoms with van der Waals surface area (Å²) in [5.41, 5.74) is 9.21. The molecule has 0 saturated carbocycles. The van der Waals surface area contributed by atoms with Gasteiger partial charge in [-0.25, -0.2) is 0 Å². The number of H-pyrrole nitrogens is 1. The molecule has 0 aliphatic heterocycles. The zero-order valence-electron chi connectivity index (χ0n) is 8.70. The molecule has 0 aliphatic rings. The van der Waals surface area contributed by atoms with E-state index in [0.717, 1.165) is 22.3 Å². The first-order chi connectivity index (χ1) is 7.09. The van der Waals surface area contributed by atoms with Crippen molar-refractivity contribution in [1.29, 1.82) is 0 Å². The number of anilines is 1. The number of aryl methyl sites for hydroxylation is 2. The second kappa shape index (κ2) is 3.31. The minimum atomic E-state index is 0.237. The summed E-state index contributed by atoms with van der Waals surface area (Å²) in [6.45, 7) is 3.88. The number of nitrogen functional groups attached to an aromatic ring is 1. The number of benzene rings is 1. The van der Waals surface area contributed by atoms with Crippen LogP contribution in [-0.2, 0) is 0 Å². The SMILES string of the molecule is Cc1cc(C)c(-c2cn[nH]c2N)c(O)c1. The molecule has 1 aromatic carbocycles. The minimum Gasteiger partial charge on any atom is -0.507 e. The van der Waals surface area contributed by atoms with Gasteiger partial charge in [-0.1, -0.05) is 6.07 Å². The van der Waals surface area contributed by atoms with Gasteiger partial charge in [-0.15, -0.1) is 0 Å². The number of aromatic hydroxyl groups is 1. The van der Waals surface area contributed by atoms with Crippen LogP contribution in [0, 0.1) is 13.8 Å². The molecule has 4 N–H and O–H groups in total. The quantitative estimate of drug-likeness (QED) is 0.663.